The Kier molecular flexibility index (Phi) is 8.05. The summed E-state index contributed by atoms with van der Waals surface area (Å²) in [6, 6.07) is 7.76. The molecule has 2 atom stereocenters. The molecule has 0 spiro atoms. The summed E-state index contributed by atoms with van der Waals surface area (Å²) in [4.78, 5) is 0. The monoisotopic (exact) mass is 331 g/mol. The van der Waals surface area contributed by atoms with Gasteiger partial charge in [0.05, 0.1) is 6.61 Å². The van der Waals surface area contributed by atoms with Crippen LogP contribution in [0.5, 0.6) is 5.75 Å². The number of hydrogen-bond donors (Lipinski definition) is 2. The molecule has 2 N–H and O–H groups in total. The van der Waals surface area contributed by atoms with E-state index in [0.717, 1.165) is 10.2 Å². The van der Waals surface area contributed by atoms with Gasteiger partial charge in [-0.25, -0.2) is 0 Å². The Morgan fingerprint density at radius 2 is 1.95 bits per heavy atom. The molecule has 0 fully saturated rings. The maximum Gasteiger partial charge on any atom is 0.119 e. The summed E-state index contributed by atoms with van der Waals surface area (Å²) < 4.78 is 11.8. The molecular formula is C14H22BrNO3. The number of ether oxygens (including phenoxy) is 2. The Labute approximate surface area is 123 Å². The van der Waals surface area contributed by atoms with Gasteiger partial charge in [-0.3, -0.25) is 0 Å². The van der Waals surface area contributed by atoms with Crippen molar-refractivity contribution in [3.05, 3.63) is 28.7 Å². The zero-order chi connectivity index (χ0) is 14.1. The minimum Gasteiger partial charge on any atom is -0.491 e. The van der Waals surface area contributed by atoms with Crippen molar-refractivity contribution in [2.45, 2.75) is 26.0 Å². The van der Waals surface area contributed by atoms with E-state index in [2.05, 4.69) is 21.2 Å². The fourth-order valence-electron chi connectivity index (χ4n) is 1.47. The highest BCUT2D eigenvalue weighted by molar-refractivity contribution is 9.10. The van der Waals surface area contributed by atoms with Crippen LogP contribution in [0, 0.1) is 0 Å². The Bertz CT molecular complexity index is 345. The molecule has 0 aromatic heterocycles. The smallest absolute Gasteiger partial charge is 0.119 e. The molecule has 0 radical (unpaired) electrons. The number of nitrogens with one attached hydrogen (secondary N) is 1. The van der Waals surface area contributed by atoms with Gasteiger partial charge in [-0.2, -0.15) is 0 Å². The Morgan fingerprint density at radius 1 is 1.26 bits per heavy atom. The van der Waals surface area contributed by atoms with E-state index in [9.17, 15) is 5.11 Å². The Morgan fingerprint density at radius 3 is 2.58 bits per heavy atom. The van der Waals surface area contributed by atoms with Crippen molar-refractivity contribution in [2.75, 3.05) is 26.4 Å². The molecule has 0 saturated carbocycles. The van der Waals surface area contributed by atoms with Gasteiger partial charge in [-0.1, -0.05) is 15.9 Å². The summed E-state index contributed by atoms with van der Waals surface area (Å²) in [5, 5.41) is 13.0. The predicted octanol–water partition coefficient (Wildman–Crippen LogP) is 2.20. The van der Waals surface area contributed by atoms with Crippen molar-refractivity contribution in [1.29, 1.82) is 0 Å². The van der Waals surface area contributed by atoms with Crippen LogP contribution in [0.1, 0.15) is 13.8 Å². The van der Waals surface area contributed by atoms with Crippen LogP contribution in [0.2, 0.25) is 0 Å². The topological polar surface area (TPSA) is 50.7 Å². The van der Waals surface area contributed by atoms with Gasteiger partial charge in [0.15, 0.2) is 0 Å². The fourth-order valence-corrected chi connectivity index (χ4v) is 1.74. The van der Waals surface area contributed by atoms with E-state index >= 15 is 0 Å². The second-order valence-electron chi connectivity index (χ2n) is 4.39. The van der Waals surface area contributed by atoms with Gasteiger partial charge >= 0.3 is 0 Å². The van der Waals surface area contributed by atoms with E-state index in [4.69, 9.17) is 9.47 Å². The Hall–Kier alpha value is -0.620. The molecule has 1 aromatic rings. The molecule has 108 valence electrons. The zero-order valence-electron chi connectivity index (χ0n) is 11.4. The average molecular weight is 332 g/mol. The SMILES string of the molecule is CCOCC(C)NCC(O)COc1ccc(Br)cc1. The van der Waals surface area contributed by atoms with Crippen LogP contribution in [-0.4, -0.2) is 43.6 Å². The van der Waals surface area contributed by atoms with Crippen LogP contribution in [-0.2, 0) is 4.74 Å². The Balaban J connectivity index is 2.17. The minimum absolute atomic E-state index is 0.224. The van der Waals surface area contributed by atoms with Crippen LogP contribution in [0.25, 0.3) is 0 Å². The van der Waals surface area contributed by atoms with Crippen LogP contribution >= 0.6 is 15.9 Å². The molecule has 0 aliphatic heterocycles. The molecule has 1 rings (SSSR count). The van der Waals surface area contributed by atoms with Gasteiger partial charge in [0.25, 0.3) is 0 Å². The van der Waals surface area contributed by atoms with Gasteiger partial charge in [-0.15, -0.1) is 0 Å². The average Bonchev–Trinajstić information content (AvgIpc) is 2.42. The highest BCUT2D eigenvalue weighted by Gasteiger charge is 2.08. The molecule has 0 aliphatic carbocycles. The lowest BCUT2D eigenvalue weighted by Crippen LogP contribution is -2.38. The zero-order valence-corrected chi connectivity index (χ0v) is 13.0. The largest absolute Gasteiger partial charge is 0.491 e. The molecule has 0 amide bonds. The molecule has 0 bridgehead atoms. The van der Waals surface area contributed by atoms with Crippen molar-refractivity contribution >= 4 is 15.9 Å². The van der Waals surface area contributed by atoms with Crippen molar-refractivity contribution in [1.82, 2.24) is 5.32 Å². The predicted molar refractivity (Wildman–Crippen MR) is 79.6 cm³/mol. The summed E-state index contributed by atoms with van der Waals surface area (Å²) in [6.45, 7) is 6.12. The molecule has 5 heteroatoms. The van der Waals surface area contributed by atoms with Crippen LogP contribution in [0.4, 0.5) is 0 Å². The van der Waals surface area contributed by atoms with Crippen molar-refractivity contribution in [3.8, 4) is 5.75 Å². The quantitative estimate of drug-likeness (QED) is 0.728. The van der Waals surface area contributed by atoms with Crippen molar-refractivity contribution < 1.29 is 14.6 Å². The maximum absolute atomic E-state index is 9.80. The van der Waals surface area contributed by atoms with Gasteiger partial charge in [0.2, 0.25) is 0 Å². The first-order valence-corrected chi connectivity index (χ1v) is 7.28. The lowest BCUT2D eigenvalue weighted by Gasteiger charge is -2.17. The lowest BCUT2D eigenvalue weighted by atomic mass is 10.3. The van der Waals surface area contributed by atoms with Gasteiger partial charge in [-0.05, 0) is 38.1 Å². The second-order valence-corrected chi connectivity index (χ2v) is 5.30. The molecule has 0 saturated heterocycles. The lowest BCUT2D eigenvalue weighted by molar-refractivity contribution is 0.0907. The molecule has 0 aliphatic rings. The normalized spacial score (nSPS) is 14.1. The van der Waals surface area contributed by atoms with Gasteiger partial charge < -0.3 is 19.9 Å². The van der Waals surface area contributed by atoms with Crippen LogP contribution in [0.3, 0.4) is 0 Å². The number of halogens is 1. The van der Waals surface area contributed by atoms with E-state index in [1.807, 2.05) is 38.1 Å². The first-order valence-electron chi connectivity index (χ1n) is 6.49. The third kappa shape index (κ3) is 7.52. The maximum atomic E-state index is 9.80. The van der Waals surface area contributed by atoms with Gasteiger partial charge in [0.1, 0.15) is 18.5 Å². The molecule has 0 heterocycles. The summed E-state index contributed by atoms with van der Waals surface area (Å²) >= 11 is 3.36. The molecule has 2 unspecified atom stereocenters. The van der Waals surface area contributed by atoms with Crippen LogP contribution < -0.4 is 10.1 Å². The van der Waals surface area contributed by atoms with E-state index < -0.39 is 6.10 Å². The molecule has 4 nitrogen and oxygen atoms in total. The second kappa shape index (κ2) is 9.31. The van der Waals surface area contributed by atoms with E-state index in [1.54, 1.807) is 0 Å². The summed E-state index contributed by atoms with van der Waals surface area (Å²) in [7, 11) is 0. The fraction of sp³-hybridized carbons (Fsp3) is 0.571. The third-order valence-electron chi connectivity index (χ3n) is 2.53. The number of benzene rings is 1. The molecule has 19 heavy (non-hydrogen) atoms. The minimum atomic E-state index is -0.535. The van der Waals surface area contributed by atoms with Crippen molar-refractivity contribution in [3.63, 3.8) is 0 Å². The third-order valence-corrected chi connectivity index (χ3v) is 3.06. The first-order chi connectivity index (χ1) is 9.11. The summed E-state index contributed by atoms with van der Waals surface area (Å²) in [5.74, 6) is 0.754. The van der Waals surface area contributed by atoms with Gasteiger partial charge in [0, 0.05) is 23.7 Å². The number of hydrogen-bond acceptors (Lipinski definition) is 4. The highest BCUT2D eigenvalue weighted by atomic mass is 79.9. The standard InChI is InChI=1S/C14H22BrNO3/c1-3-18-9-11(2)16-8-13(17)10-19-14-6-4-12(15)5-7-14/h4-7,11,13,16-17H,3,8-10H2,1-2H3. The summed E-state index contributed by atoms with van der Waals surface area (Å²) in [6.07, 6.45) is -0.535. The molecular weight excluding hydrogens is 310 g/mol. The first kappa shape index (κ1) is 16.4. The van der Waals surface area contributed by atoms with E-state index in [1.165, 1.54) is 0 Å². The summed E-state index contributed by atoms with van der Waals surface area (Å²) in [5.41, 5.74) is 0. The molecule has 1 aromatic carbocycles. The number of rotatable bonds is 9. The number of aliphatic hydroxyl groups excluding tert-OH is 1. The van der Waals surface area contributed by atoms with E-state index in [-0.39, 0.29) is 12.6 Å². The van der Waals surface area contributed by atoms with Crippen molar-refractivity contribution in [2.24, 2.45) is 0 Å². The number of aliphatic hydroxyl groups is 1. The van der Waals surface area contributed by atoms with Crippen LogP contribution in [0.15, 0.2) is 28.7 Å². The highest BCUT2D eigenvalue weighted by Crippen LogP contribution is 2.16. The van der Waals surface area contributed by atoms with E-state index in [0.29, 0.717) is 19.8 Å².